The maximum absolute atomic E-state index is 12.9. The van der Waals surface area contributed by atoms with Crippen molar-refractivity contribution in [3.05, 3.63) is 41.8 Å². The van der Waals surface area contributed by atoms with Gasteiger partial charge in [-0.25, -0.2) is 4.39 Å². The second-order valence-corrected chi connectivity index (χ2v) is 4.38. The first-order valence-corrected chi connectivity index (χ1v) is 6.44. The number of halogens is 1. The predicted molar refractivity (Wildman–Crippen MR) is 74.9 cm³/mol. The Morgan fingerprint density at radius 2 is 2.05 bits per heavy atom. The van der Waals surface area contributed by atoms with Crippen LogP contribution in [0.15, 0.2) is 30.5 Å². The van der Waals surface area contributed by atoms with Crippen molar-refractivity contribution in [1.82, 2.24) is 20.8 Å². The van der Waals surface area contributed by atoms with E-state index < -0.39 is 0 Å². The molecule has 2 aromatic rings. The molecular formula is C14H17FN4O. The standard InChI is InChI=1S/C14H17FN4O/c1-16-7-2-8-17-14(20)12-9-18-19-13(12)10-3-5-11(15)6-4-10/h3-6,9,16H,2,7-8H2,1H3,(H,17,20)(H,18,19). The van der Waals surface area contributed by atoms with E-state index in [0.717, 1.165) is 18.5 Å². The number of nitrogens with one attached hydrogen (secondary N) is 3. The highest BCUT2D eigenvalue weighted by molar-refractivity contribution is 5.99. The average Bonchev–Trinajstić information content (AvgIpc) is 2.93. The molecule has 6 heteroatoms. The maximum atomic E-state index is 12.9. The molecule has 1 amide bonds. The van der Waals surface area contributed by atoms with Crippen LogP contribution in [0.2, 0.25) is 0 Å². The summed E-state index contributed by atoms with van der Waals surface area (Å²) in [5, 5.41) is 12.5. The summed E-state index contributed by atoms with van der Waals surface area (Å²) < 4.78 is 12.9. The molecule has 0 aliphatic heterocycles. The van der Waals surface area contributed by atoms with Gasteiger partial charge in [0.2, 0.25) is 0 Å². The van der Waals surface area contributed by atoms with Crippen molar-refractivity contribution in [3.8, 4) is 11.3 Å². The molecule has 0 radical (unpaired) electrons. The Kier molecular flexibility index (Phi) is 4.84. The number of H-pyrrole nitrogens is 1. The highest BCUT2D eigenvalue weighted by Crippen LogP contribution is 2.21. The molecule has 0 saturated heterocycles. The minimum atomic E-state index is -0.314. The Morgan fingerprint density at radius 3 is 2.75 bits per heavy atom. The van der Waals surface area contributed by atoms with Crippen molar-refractivity contribution >= 4 is 5.91 Å². The summed E-state index contributed by atoms with van der Waals surface area (Å²) in [6, 6.07) is 5.93. The van der Waals surface area contributed by atoms with Gasteiger partial charge in [0, 0.05) is 12.1 Å². The highest BCUT2D eigenvalue weighted by atomic mass is 19.1. The van der Waals surface area contributed by atoms with E-state index in [9.17, 15) is 9.18 Å². The van der Waals surface area contributed by atoms with Crippen LogP contribution >= 0.6 is 0 Å². The fourth-order valence-electron chi connectivity index (χ4n) is 1.86. The molecule has 0 fully saturated rings. The van der Waals surface area contributed by atoms with Gasteiger partial charge in [-0.15, -0.1) is 0 Å². The van der Waals surface area contributed by atoms with Gasteiger partial charge in [-0.3, -0.25) is 9.89 Å². The Bertz CT molecular complexity index is 565. The smallest absolute Gasteiger partial charge is 0.255 e. The zero-order valence-electron chi connectivity index (χ0n) is 11.2. The van der Waals surface area contributed by atoms with Crippen molar-refractivity contribution in [1.29, 1.82) is 0 Å². The van der Waals surface area contributed by atoms with Crippen LogP contribution in [0.5, 0.6) is 0 Å². The third-order valence-electron chi connectivity index (χ3n) is 2.91. The van der Waals surface area contributed by atoms with Crippen LogP contribution in [0.4, 0.5) is 4.39 Å². The number of benzene rings is 1. The summed E-state index contributed by atoms with van der Waals surface area (Å²) in [6.07, 6.45) is 2.33. The summed E-state index contributed by atoms with van der Waals surface area (Å²) in [6.45, 7) is 1.43. The summed E-state index contributed by atoms with van der Waals surface area (Å²) in [5.41, 5.74) is 1.78. The van der Waals surface area contributed by atoms with Gasteiger partial charge in [0.1, 0.15) is 5.82 Å². The van der Waals surface area contributed by atoms with Crippen molar-refractivity contribution in [2.75, 3.05) is 20.1 Å². The molecule has 1 aromatic heterocycles. The molecule has 2 rings (SSSR count). The number of carbonyl (C=O) groups excluding carboxylic acids is 1. The molecule has 5 nitrogen and oxygen atoms in total. The van der Waals surface area contributed by atoms with Gasteiger partial charge in [-0.2, -0.15) is 5.10 Å². The topological polar surface area (TPSA) is 69.8 Å². The first kappa shape index (κ1) is 14.2. The summed E-state index contributed by atoms with van der Waals surface area (Å²) in [5.74, 6) is -0.500. The number of aromatic nitrogens is 2. The molecule has 0 bridgehead atoms. The molecule has 0 unspecified atom stereocenters. The molecule has 0 spiro atoms. The first-order valence-electron chi connectivity index (χ1n) is 6.44. The van der Waals surface area contributed by atoms with E-state index in [0.29, 0.717) is 17.8 Å². The number of amides is 1. The van der Waals surface area contributed by atoms with Crippen LogP contribution in [-0.2, 0) is 0 Å². The number of carbonyl (C=O) groups is 1. The van der Waals surface area contributed by atoms with Gasteiger partial charge in [-0.05, 0) is 44.3 Å². The molecule has 106 valence electrons. The van der Waals surface area contributed by atoms with E-state index in [1.54, 1.807) is 12.1 Å². The third-order valence-corrected chi connectivity index (χ3v) is 2.91. The van der Waals surface area contributed by atoms with E-state index >= 15 is 0 Å². The van der Waals surface area contributed by atoms with Crippen molar-refractivity contribution in [3.63, 3.8) is 0 Å². The lowest BCUT2D eigenvalue weighted by Crippen LogP contribution is -2.26. The van der Waals surface area contributed by atoms with Crippen LogP contribution < -0.4 is 10.6 Å². The van der Waals surface area contributed by atoms with E-state index in [1.165, 1.54) is 18.3 Å². The lowest BCUT2D eigenvalue weighted by Gasteiger charge is -2.05. The van der Waals surface area contributed by atoms with E-state index in [2.05, 4.69) is 20.8 Å². The van der Waals surface area contributed by atoms with Gasteiger partial charge >= 0.3 is 0 Å². The molecule has 20 heavy (non-hydrogen) atoms. The van der Waals surface area contributed by atoms with Crippen LogP contribution in [0.3, 0.4) is 0 Å². The second-order valence-electron chi connectivity index (χ2n) is 4.38. The lowest BCUT2D eigenvalue weighted by molar-refractivity contribution is 0.0954. The zero-order valence-corrected chi connectivity index (χ0v) is 11.2. The van der Waals surface area contributed by atoms with Gasteiger partial charge < -0.3 is 10.6 Å². The fraction of sp³-hybridized carbons (Fsp3) is 0.286. The second kappa shape index (κ2) is 6.81. The minimum Gasteiger partial charge on any atom is -0.352 e. The number of hydrogen-bond donors (Lipinski definition) is 3. The first-order chi connectivity index (χ1) is 9.72. The predicted octanol–water partition coefficient (Wildman–Crippen LogP) is 1.56. The molecule has 0 saturated carbocycles. The Labute approximate surface area is 116 Å². The van der Waals surface area contributed by atoms with Crippen LogP contribution in [0.25, 0.3) is 11.3 Å². The third kappa shape index (κ3) is 3.42. The molecular weight excluding hydrogens is 259 g/mol. The zero-order chi connectivity index (χ0) is 14.4. The molecule has 0 aliphatic carbocycles. The normalized spacial score (nSPS) is 10.5. The fourth-order valence-corrected chi connectivity index (χ4v) is 1.86. The Hall–Kier alpha value is -2.21. The van der Waals surface area contributed by atoms with Crippen molar-refractivity contribution in [2.24, 2.45) is 0 Å². The number of nitrogens with zero attached hydrogens (tertiary/aromatic N) is 1. The molecule has 0 aliphatic rings. The minimum absolute atomic E-state index is 0.186. The molecule has 0 atom stereocenters. The van der Waals surface area contributed by atoms with Gasteiger partial charge in [0.05, 0.1) is 17.5 Å². The van der Waals surface area contributed by atoms with E-state index in [1.807, 2.05) is 7.05 Å². The molecule has 1 heterocycles. The van der Waals surface area contributed by atoms with Gasteiger partial charge in [-0.1, -0.05) is 0 Å². The Morgan fingerprint density at radius 1 is 1.30 bits per heavy atom. The van der Waals surface area contributed by atoms with E-state index in [-0.39, 0.29) is 11.7 Å². The van der Waals surface area contributed by atoms with Gasteiger partial charge in [0.15, 0.2) is 0 Å². The SMILES string of the molecule is CNCCCNC(=O)c1cn[nH]c1-c1ccc(F)cc1. The van der Waals surface area contributed by atoms with Crippen LogP contribution in [-0.4, -0.2) is 36.2 Å². The highest BCUT2D eigenvalue weighted by Gasteiger charge is 2.14. The lowest BCUT2D eigenvalue weighted by atomic mass is 10.1. The van der Waals surface area contributed by atoms with E-state index in [4.69, 9.17) is 0 Å². The van der Waals surface area contributed by atoms with Crippen LogP contribution in [0.1, 0.15) is 16.8 Å². The average molecular weight is 276 g/mol. The van der Waals surface area contributed by atoms with Crippen molar-refractivity contribution < 1.29 is 9.18 Å². The maximum Gasteiger partial charge on any atom is 0.255 e. The summed E-state index contributed by atoms with van der Waals surface area (Å²) in [4.78, 5) is 12.1. The van der Waals surface area contributed by atoms with Crippen molar-refractivity contribution in [2.45, 2.75) is 6.42 Å². The van der Waals surface area contributed by atoms with Crippen LogP contribution in [0, 0.1) is 5.82 Å². The summed E-state index contributed by atoms with van der Waals surface area (Å²) >= 11 is 0. The number of rotatable bonds is 6. The molecule has 3 N–H and O–H groups in total. The molecule has 1 aromatic carbocycles. The number of hydrogen-bond acceptors (Lipinski definition) is 3. The summed E-state index contributed by atoms with van der Waals surface area (Å²) in [7, 11) is 1.87. The number of aromatic amines is 1. The monoisotopic (exact) mass is 276 g/mol. The Balaban J connectivity index is 2.08. The van der Waals surface area contributed by atoms with Gasteiger partial charge in [0.25, 0.3) is 5.91 Å². The quantitative estimate of drug-likeness (QED) is 0.701. The largest absolute Gasteiger partial charge is 0.352 e.